The molecule has 2 nitrogen and oxygen atoms in total. The van der Waals surface area contributed by atoms with Crippen molar-refractivity contribution in [2.24, 2.45) is 0 Å². The van der Waals surface area contributed by atoms with Gasteiger partial charge in [-0.3, -0.25) is 0 Å². The second kappa shape index (κ2) is 4.32. The summed E-state index contributed by atoms with van der Waals surface area (Å²) < 4.78 is 4.26. The summed E-state index contributed by atoms with van der Waals surface area (Å²) in [5.74, 6) is 0. The van der Waals surface area contributed by atoms with E-state index in [1.165, 1.54) is 0 Å². The first-order chi connectivity index (χ1) is 2.91. The van der Waals surface area contributed by atoms with Crippen molar-refractivity contribution in [3.63, 3.8) is 0 Å². The van der Waals surface area contributed by atoms with Gasteiger partial charge >= 0.3 is 0 Å². The first-order valence-corrected chi connectivity index (χ1v) is 1.60. The third kappa shape index (κ3) is 3.32. The smallest absolute Gasteiger partial charge is 0.123 e. The molecule has 0 fully saturated rings. The molecule has 0 atom stereocenters. The molecule has 0 rings (SSSR count). The highest BCUT2D eigenvalue weighted by atomic mass is 16.5. The van der Waals surface area contributed by atoms with Gasteiger partial charge in [-0.1, -0.05) is 6.42 Å². The summed E-state index contributed by atoms with van der Waals surface area (Å²) in [6.45, 7) is 0.223. The van der Waals surface area contributed by atoms with Crippen molar-refractivity contribution in [3.05, 3.63) is 0 Å². The Kier molecular flexibility index (Phi) is 3.83. The lowest BCUT2D eigenvalue weighted by atomic mass is 10.8. The maximum atomic E-state index is 7.98. The zero-order valence-electron chi connectivity index (χ0n) is 3.35. The summed E-state index contributed by atoms with van der Waals surface area (Å²) in [4.78, 5) is 0. The van der Waals surface area contributed by atoms with Crippen LogP contribution in [0.15, 0.2) is 0 Å². The standard InChI is InChI=1S/C4H6O2/c1-2-6-4-3-5/h1,5H,3-4H2. The molecular formula is C4H6O2. The molecule has 6 heavy (non-hydrogen) atoms. The van der Waals surface area contributed by atoms with E-state index in [9.17, 15) is 0 Å². The van der Waals surface area contributed by atoms with Crippen molar-refractivity contribution in [3.8, 4) is 12.5 Å². The topological polar surface area (TPSA) is 29.5 Å². The highest BCUT2D eigenvalue weighted by molar-refractivity contribution is 4.67. The van der Waals surface area contributed by atoms with Crippen LogP contribution in [0.5, 0.6) is 0 Å². The van der Waals surface area contributed by atoms with E-state index in [0.29, 0.717) is 0 Å². The summed E-state index contributed by atoms with van der Waals surface area (Å²) >= 11 is 0. The number of aliphatic hydroxyl groups excluding tert-OH is 1. The third-order valence-electron chi connectivity index (χ3n) is 0.277. The van der Waals surface area contributed by atoms with Gasteiger partial charge < -0.3 is 9.84 Å². The van der Waals surface area contributed by atoms with Crippen LogP contribution in [0.3, 0.4) is 0 Å². The molecule has 0 heterocycles. The molecule has 1 N–H and O–H groups in total. The number of aliphatic hydroxyl groups is 1. The van der Waals surface area contributed by atoms with Crippen molar-refractivity contribution >= 4 is 0 Å². The zero-order valence-corrected chi connectivity index (χ0v) is 3.35. The van der Waals surface area contributed by atoms with Gasteiger partial charge in [0.2, 0.25) is 0 Å². The lowest BCUT2D eigenvalue weighted by molar-refractivity contribution is 0.181. The second-order valence-corrected chi connectivity index (χ2v) is 0.690. The normalized spacial score (nSPS) is 6.67. The predicted molar refractivity (Wildman–Crippen MR) is 21.9 cm³/mol. The Labute approximate surface area is 36.7 Å². The molecule has 0 aromatic carbocycles. The van der Waals surface area contributed by atoms with E-state index in [-0.39, 0.29) is 13.2 Å². The summed E-state index contributed by atoms with van der Waals surface area (Å²) in [6, 6.07) is 0. The molecular weight excluding hydrogens is 80.0 g/mol. The summed E-state index contributed by atoms with van der Waals surface area (Å²) in [7, 11) is 0. The van der Waals surface area contributed by atoms with E-state index < -0.39 is 0 Å². The van der Waals surface area contributed by atoms with Gasteiger partial charge in [0.05, 0.1) is 6.61 Å². The zero-order chi connectivity index (χ0) is 4.83. The maximum absolute atomic E-state index is 7.98. The third-order valence-corrected chi connectivity index (χ3v) is 0.277. The van der Waals surface area contributed by atoms with E-state index >= 15 is 0 Å². The van der Waals surface area contributed by atoms with E-state index in [1.807, 2.05) is 6.11 Å². The molecule has 2 heteroatoms. The second-order valence-electron chi connectivity index (χ2n) is 0.690. The Balaban J connectivity index is 2.54. The molecule has 0 aromatic rings. The molecule has 0 bridgehead atoms. The average Bonchev–Trinajstić information content (AvgIpc) is 1.61. The summed E-state index contributed by atoms with van der Waals surface area (Å²) in [5.41, 5.74) is 0. The monoisotopic (exact) mass is 86.0 g/mol. The number of hydrogen-bond acceptors (Lipinski definition) is 2. The average molecular weight is 86.1 g/mol. The van der Waals surface area contributed by atoms with Gasteiger partial charge in [-0.05, 0) is 0 Å². The summed E-state index contributed by atoms with van der Waals surface area (Å²) in [6.07, 6.45) is 6.54. The van der Waals surface area contributed by atoms with Crippen molar-refractivity contribution in [1.82, 2.24) is 0 Å². The molecule has 0 aliphatic heterocycles. The highest BCUT2D eigenvalue weighted by Crippen LogP contribution is 1.61. The van der Waals surface area contributed by atoms with E-state index in [0.717, 1.165) is 0 Å². The highest BCUT2D eigenvalue weighted by Gasteiger charge is 1.70. The Morgan fingerprint density at radius 2 is 2.50 bits per heavy atom. The van der Waals surface area contributed by atoms with E-state index in [1.54, 1.807) is 0 Å². The van der Waals surface area contributed by atoms with Gasteiger partial charge in [-0.25, -0.2) is 0 Å². The van der Waals surface area contributed by atoms with Gasteiger partial charge in [0.1, 0.15) is 12.7 Å². The van der Waals surface area contributed by atoms with Gasteiger partial charge in [0, 0.05) is 0 Å². The largest absolute Gasteiger partial charge is 0.444 e. The van der Waals surface area contributed by atoms with Crippen LogP contribution in [0.2, 0.25) is 0 Å². The van der Waals surface area contributed by atoms with Crippen molar-refractivity contribution in [1.29, 1.82) is 0 Å². The van der Waals surface area contributed by atoms with Crippen LogP contribution in [-0.4, -0.2) is 18.3 Å². The molecule has 0 aliphatic carbocycles. The van der Waals surface area contributed by atoms with Crippen LogP contribution in [0.25, 0.3) is 0 Å². The lowest BCUT2D eigenvalue weighted by Gasteiger charge is -1.86. The Morgan fingerprint density at radius 3 is 2.67 bits per heavy atom. The first-order valence-electron chi connectivity index (χ1n) is 1.60. The molecule has 0 saturated carbocycles. The Bertz CT molecular complexity index is 53.1. The number of hydrogen-bond donors (Lipinski definition) is 1. The fourth-order valence-corrected chi connectivity index (χ4v) is 0.105. The number of terminal acetylenes is 1. The Hall–Kier alpha value is -0.680. The molecule has 0 aliphatic rings. The van der Waals surface area contributed by atoms with Gasteiger partial charge in [0.15, 0.2) is 0 Å². The lowest BCUT2D eigenvalue weighted by Crippen LogP contribution is -1.91. The van der Waals surface area contributed by atoms with Crippen LogP contribution in [0, 0.1) is 12.5 Å². The number of rotatable bonds is 2. The fourth-order valence-electron chi connectivity index (χ4n) is 0.105. The van der Waals surface area contributed by atoms with E-state index in [2.05, 4.69) is 11.2 Å². The SMILES string of the molecule is C#COCCO. The van der Waals surface area contributed by atoms with Crippen LogP contribution >= 0.6 is 0 Å². The molecule has 0 saturated heterocycles. The maximum Gasteiger partial charge on any atom is 0.123 e. The van der Waals surface area contributed by atoms with Crippen LogP contribution in [0.1, 0.15) is 0 Å². The number of ether oxygens (including phenoxy) is 1. The molecule has 0 amide bonds. The molecule has 0 unspecified atom stereocenters. The molecule has 34 valence electrons. The van der Waals surface area contributed by atoms with Crippen LogP contribution in [0.4, 0.5) is 0 Å². The predicted octanol–water partition coefficient (Wildman–Crippen LogP) is -0.414. The minimum absolute atomic E-state index is 0.00972. The van der Waals surface area contributed by atoms with Gasteiger partial charge in [-0.2, -0.15) is 0 Å². The van der Waals surface area contributed by atoms with Crippen LogP contribution < -0.4 is 0 Å². The minimum Gasteiger partial charge on any atom is -0.444 e. The van der Waals surface area contributed by atoms with Crippen LogP contribution in [-0.2, 0) is 4.74 Å². The molecule has 0 radical (unpaired) electrons. The van der Waals surface area contributed by atoms with Crippen molar-refractivity contribution < 1.29 is 9.84 Å². The molecule has 0 aromatic heterocycles. The minimum atomic E-state index is -0.00972. The quantitative estimate of drug-likeness (QED) is 0.365. The van der Waals surface area contributed by atoms with Crippen molar-refractivity contribution in [2.45, 2.75) is 0 Å². The Morgan fingerprint density at radius 1 is 1.83 bits per heavy atom. The van der Waals surface area contributed by atoms with Gasteiger partial charge in [0.25, 0.3) is 0 Å². The van der Waals surface area contributed by atoms with Gasteiger partial charge in [-0.15, -0.1) is 0 Å². The van der Waals surface area contributed by atoms with E-state index in [4.69, 9.17) is 5.11 Å². The van der Waals surface area contributed by atoms with Crippen molar-refractivity contribution in [2.75, 3.05) is 13.2 Å². The fraction of sp³-hybridized carbons (Fsp3) is 0.500. The first kappa shape index (κ1) is 5.32. The molecule has 0 spiro atoms. The summed E-state index contributed by atoms with van der Waals surface area (Å²) in [5, 5.41) is 7.98.